The third kappa shape index (κ3) is 4.37. The van der Waals surface area contributed by atoms with Crippen LogP contribution in [0.3, 0.4) is 0 Å². The molecule has 0 aliphatic carbocycles. The van der Waals surface area contributed by atoms with Gasteiger partial charge in [0.25, 0.3) is 0 Å². The molecular weight excluding hydrogens is 301 g/mol. The molecule has 7 heteroatoms. The lowest BCUT2D eigenvalue weighted by Gasteiger charge is -2.22. The van der Waals surface area contributed by atoms with Crippen molar-refractivity contribution in [1.82, 2.24) is 15.8 Å². The summed E-state index contributed by atoms with van der Waals surface area (Å²) in [4.78, 5) is 11.9. The van der Waals surface area contributed by atoms with Gasteiger partial charge in [0.2, 0.25) is 5.91 Å². The molecule has 2 heterocycles. The third-order valence-electron chi connectivity index (χ3n) is 3.58. The van der Waals surface area contributed by atoms with E-state index in [-0.39, 0.29) is 24.4 Å². The number of hydrogen-bond donors (Lipinski definition) is 2. The Labute approximate surface area is 133 Å². The van der Waals surface area contributed by atoms with Crippen molar-refractivity contribution in [3.63, 3.8) is 0 Å². The van der Waals surface area contributed by atoms with Crippen LogP contribution in [0.15, 0.2) is 34.9 Å². The first-order chi connectivity index (χ1) is 11.2. The lowest BCUT2D eigenvalue weighted by Crippen LogP contribution is -2.41. The van der Waals surface area contributed by atoms with E-state index in [0.29, 0.717) is 31.0 Å². The molecule has 1 fully saturated rings. The number of ether oxygens (including phenoxy) is 1. The van der Waals surface area contributed by atoms with Gasteiger partial charge < -0.3 is 19.9 Å². The Kier molecular flexibility index (Phi) is 4.99. The Morgan fingerprint density at radius 2 is 2.22 bits per heavy atom. The van der Waals surface area contributed by atoms with Gasteiger partial charge in [0.1, 0.15) is 11.5 Å². The predicted molar refractivity (Wildman–Crippen MR) is 81.0 cm³/mol. The quantitative estimate of drug-likeness (QED) is 0.873. The molecule has 0 spiro atoms. The summed E-state index contributed by atoms with van der Waals surface area (Å²) in [5.41, 5.74) is 1.36. The number of carbonyl (C=O) groups is 1. The smallest absolute Gasteiger partial charge is 0.223 e. The van der Waals surface area contributed by atoms with Crippen molar-refractivity contribution in [3.8, 4) is 11.3 Å². The molecule has 23 heavy (non-hydrogen) atoms. The SMILES string of the molecule is O=C(C[C@H]1CNCCO1)NCc1cc(-c2ccc(F)cc2)no1. The minimum atomic E-state index is -0.302. The van der Waals surface area contributed by atoms with Crippen molar-refractivity contribution in [1.29, 1.82) is 0 Å². The maximum atomic E-state index is 12.9. The molecule has 0 saturated carbocycles. The van der Waals surface area contributed by atoms with Gasteiger partial charge in [0.05, 0.1) is 25.7 Å². The topological polar surface area (TPSA) is 76.4 Å². The fourth-order valence-corrected chi connectivity index (χ4v) is 2.37. The monoisotopic (exact) mass is 319 g/mol. The zero-order valence-electron chi connectivity index (χ0n) is 12.5. The number of hydrogen-bond acceptors (Lipinski definition) is 5. The highest BCUT2D eigenvalue weighted by Crippen LogP contribution is 2.19. The van der Waals surface area contributed by atoms with Gasteiger partial charge in [-0.05, 0) is 24.3 Å². The van der Waals surface area contributed by atoms with Crippen LogP contribution in [0.25, 0.3) is 11.3 Å². The van der Waals surface area contributed by atoms with Crippen LogP contribution in [-0.4, -0.2) is 36.9 Å². The normalized spacial score (nSPS) is 17.9. The van der Waals surface area contributed by atoms with E-state index in [1.807, 2.05) is 0 Å². The number of aromatic nitrogens is 1. The third-order valence-corrected chi connectivity index (χ3v) is 3.58. The van der Waals surface area contributed by atoms with Gasteiger partial charge >= 0.3 is 0 Å². The van der Waals surface area contributed by atoms with E-state index in [9.17, 15) is 9.18 Å². The molecule has 1 amide bonds. The zero-order valence-corrected chi connectivity index (χ0v) is 12.5. The number of benzene rings is 1. The van der Waals surface area contributed by atoms with Crippen LogP contribution in [0.5, 0.6) is 0 Å². The van der Waals surface area contributed by atoms with Crippen molar-refractivity contribution < 1.29 is 18.4 Å². The molecule has 1 aliphatic rings. The first kappa shape index (κ1) is 15.6. The second-order valence-electron chi connectivity index (χ2n) is 5.36. The molecule has 3 rings (SSSR count). The number of amides is 1. The standard InChI is InChI=1S/C16H18FN3O3/c17-12-3-1-11(2-4-12)15-7-14(23-20-15)10-19-16(21)8-13-9-18-5-6-22-13/h1-4,7,13,18H,5-6,8-10H2,(H,19,21)/t13-/m0/s1. The fraction of sp³-hybridized carbons (Fsp3) is 0.375. The van der Waals surface area contributed by atoms with Crippen molar-refractivity contribution >= 4 is 5.91 Å². The van der Waals surface area contributed by atoms with E-state index in [4.69, 9.17) is 9.26 Å². The summed E-state index contributed by atoms with van der Waals surface area (Å²) in [6.45, 7) is 2.39. The summed E-state index contributed by atoms with van der Waals surface area (Å²) in [5, 5.41) is 9.89. The second kappa shape index (κ2) is 7.34. The highest BCUT2D eigenvalue weighted by molar-refractivity contribution is 5.76. The number of nitrogens with zero attached hydrogens (tertiary/aromatic N) is 1. The molecule has 0 unspecified atom stereocenters. The molecule has 6 nitrogen and oxygen atoms in total. The average Bonchev–Trinajstić information content (AvgIpc) is 3.04. The molecule has 1 aliphatic heterocycles. The van der Waals surface area contributed by atoms with Crippen LogP contribution >= 0.6 is 0 Å². The summed E-state index contributed by atoms with van der Waals surface area (Å²) in [5.74, 6) is 0.142. The summed E-state index contributed by atoms with van der Waals surface area (Å²) in [6.07, 6.45) is 0.222. The van der Waals surface area contributed by atoms with Gasteiger partial charge in [-0.1, -0.05) is 5.16 Å². The Morgan fingerprint density at radius 3 is 2.96 bits per heavy atom. The van der Waals surface area contributed by atoms with Gasteiger partial charge in [0.15, 0.2) is 5.76 Å². The highest BCUT2D eigenvalue weighted by Gasteiger charge is 2.17. The predicted octanol–water partition coefficient (Wildman–Crippen LogP) is 1.48. The van der Waals surface area contributed by atoms with Crippen LogP contribution in [0.1, 0.15) is 12.2 Å². The van der Waals surface area contributed by atoms with Crippen molar-refractivity contribution in [3.05, 3.63) is 41.9 Å². The van der Waals surface area contributed by atoms with Gasteiger partial charge in [-0.3, -0.25) is 4.79 Å². The van der Waals surface area contributed by atoms with Crippen molar-refractivity contribution in [2.75, 3.05) is 19.7 Å². The van der Waals surface area contributed by atoms with Crippen molar-refractivity contribution in [2.45, 2.75) is 19.1 Å². The second-order valence-corrected chi connectivity index (χ2v) is 5.36. The Morgan fingerprint density at radius 1 is 1.39 bits per heavy atom. The molecule has 2 N–H and O–H groups in total. The largest absolute Gasteiger partial charge is 0.375 e. The Bertz CT molecular complexity index is 651. The molecule has 0 bridgehead atoms. The van der Waals surface area contributed by atoms with Crippen molar-refractivity contribution in [2.24, 2.45) is 0 Å². The van der Waals surface area contributed by atoms with E-state index < -0.39 is 0 Å². The van der Waals surface area contributed by atoms with Crippen LogP contribution in [0.4, 0.5) is 4.39 Å². The average molecular weight is 319 g/mol. The number of rotatable bonds is 5. The van der Waals surface area contributed by atoms with E-state index in [2.05, 4.69) is 15.8 Å². The molecule has 1 aromatic carbocycles. The summed E-state index contributed by atoms with van der Waals surface area (Å²) in [7, 11) is 0. The minimum absolute atomic E-state index is 0.0896. The van der Waals surface area contributed by atoms with Gasteiger partial charge in [0, 0.05) is 24.7 Å². The number of halogens is 1. The molecule has 1 saturated heterocycles. The lowest BCUT2D eigenvalue weighted by atomic mass is 10.1. The van der Waals surface area contributed by atoms with Gasteiger partial charge in [-0.2, -0.15) is 0 Å². The molecule has 1 aromatic heterocycles. The Hall–Kier alpha value is -2.25. The number of morpholine rings is 1. The van der Waals surface area contributed by atoms with Crippen LogP contribution in [-0.2, 0) is 16.1 Å². The fourth-order valence-electron chi connectivity index (χ4n) is 2.37. The first-order valence-corrected chi connectivity index (χ1v) is 7.51. The van der Waals surface area contributed by atoms with E-state index in [1.165, 1.54) is 12.1 Å². The molecule has 2 aromatic rings. The molecular formula is C16H18FN3O3. The summed E-state index contributed by atoms with van der Waals surface area (Å²) < 4.78 is 23.6. The number of carbonyl (C=O) groups excluding carboxylic acids is 1. The van der Waals surface area contributed by atoms with E-state index >= 15 is 0 Å². The maximum absolute atomic E-state index is 12.9. The first-order valence-electron chi connectivity index (χ1n) is 7.51. The molecule has 1 atom stereocenters. The Balaban J connectivity index is 1.50. The summed E-state index contributed by atoms with van der Waals surface area (Å²) in [6, 6.07) is 7.71. The van der Waals surface area contributed by atoms with Gasteiger partial charge in [-0.15, -0.1) is 0 Å². The summed E-state index contributed by atoms with van der Waals surface area (Å²) >= 11 is 0. The van der Waals surface area contributed by atoms with E-state index in [0.717, 1.165) is 12.1 Å². The van der Waals surface area contributed by atoms with Gasteiger partial charge in [-0.25, -0.2) is 4.39 Å². The minimum Gasteiger partial charge on any atom is -0.375 e. The molecule has 0 radical (unpaired) electrons. The number of nitrogens with one attached hydrogen (secondary N) is 2. The van der Waals surface area contributed by atoms with E-state index in [1.54, 1.807) is 18.2 Å². The highest BCUT2D eigenvalue weighted by atomic mass is 19.1. The maximum Gasteiger partial charge on any atom is 0.223 e. The zero-order chi connectivity index (χ0) is 16.1. The van der Waals surface area contributed by atoms with Crippen LogP contribution in [0, 0.1) is 5.82 Å². The lowest BCUT2D eigenvalue weighted by molar-refractivity contribution is -0.124. The van der Waals surface area contributed by atoms with Crippen LogP contribution < -0.4 is 10.6 Å². The van der Waals surface area contributed by atoms with Crippen LogP contribution in [0.2, 0.25) is 0 Å². The molecule has 122 valence electrons.